The van der Waals surface area contributed by atoms with Gasteiger partial charge in [0.2, 0.25) is 5.91 Å². The van der Waals surface area contributed by atoms with Gasteiger partial charge in [-0.3, -0.25) is 4.79 Å². The number of aliphatic hydroxyl groups is 1. The molecule has 2 rings (SSSR count). The minimum atomic E-state index is -0.238. The number of carbonyl (C=O) groups excluding carboxylic acids is 1. The van der Waals surface area contributed by atoms with Crippen LogP contribution < -0.4 is 5.32 Å². The molecule has 1 unspecified atom stereocenters. The molecule has 1 atom stereocenters. The Kier molecular flexibility index (Phi) is 6.24. The molecule has 122 valence electrons. The van der Waals surface area contributed by atoms with Crippen molar-refractivity contribution in [2.24, 2.45) is 5.92 Å². The van der Waals surface area contributed by atoms with Crippen molar-refractivity contribution in [3.63, 3.8) is 0 Å². The number of likely N-dealkylation sites (N-methyl/N-ethyl adjacent to an activating group) is 1. The summed E-state index contributed by atoms with van der Waals surface area (Å²) in [5, 5.41) is 13.4. The molecule has 0 heterocycles. The van der Waals surface area contributed by atoms with Crippen LogP contribution in [0.2, 0.25) is 5.02 Å². The van der Waals surface area contributed by atoms with E-state index in [4.69, 9.17) is 11.6 Å². The summed E-state index contributed by atoms with van der Waals surface area (Å²) in [7, 11) is 3.98. The van der Waals surface area contributed by atoms with Gasteiger partial charge in [-0.25, -0.2) is 0 Å². The fourth-order valence-electron chi connectivity index (χ4n) is 2.92. The third-order valence-electron chi connectivity index (χ3n) is 4.20. The Morgan fingerprint density at radius 2 is 1.86 bits per heavy atom. The lowest BCUT2D eigenvalue weighted by molar-refractivity contribution is -0.127. The molecule has 1 saturated carbocycles. The first-order valence-electron chi connectivity index (χ1n) is 7.84. The van der Waals surface area contributed by atoms with E-state index in [1.165, 1.54) is 0 Å². The Hall–Kier alpha value is -1.10. The zero-order chi connectivity index (χ0) is 16.1. The molecule has 1 amide bonds. The van der Waals surface area contributed by atoms with E-state index < -0.39 is 0 Å². The third-order valence-corrected chi connectivity index (χ3v) is 4.46. The van der Waals surface area contributed by atoms with Crippen LogP contribution >= 0.6 is 11.6 Å². The van der Waals surface area contributed by atoms with Gasteiger partial charge in [0, 0.05) is 17.5 Å². The van der Waals surface area contributed by atoms with Crippen molar-refractivity contribution < 1.29 is 9.90 Å². The molecule has 0 aromatic heterocycles. The highest BCUT2D eigenvalue weighted by Crippen LogP contribution is 2.25. The quantitative estimate of drug-likeness (QED) is 0.875. The maximum Gasteiger partial charge on any atom is 0.223 e. The summed E-state index contributed by atoms with van der Waals surface area (Å²) in [6.07, 6.45) is 2.73. The molecule has 1 aromatic carbocycles. The molecule has 2 N–H and O–H groups in total. The molecule has 0 bridgehead atoms. The van der Waals surface area contributed by atoms with Crippen molar-refractivity contribution in [3.8, 4) is 0 Å². The van der Waals surface area contributed by atoms with Crippen LogP contribution in [-0.4, -0.2) is 42.7 Å². The number of halogens is 1. The van der Waals surface area contributed by atoms with Crippen LogP contribution in [0.25, 0.3) is 0 Å². The second-order valence-corrected chi connectivity index (χ2v) is 6.82. The monoisotopic (exact) mass is 324 g/mol. The lowest BCUT2D eigenvalue weighted by atomic mass is 9.86. The summed E-state index contributed by atoms with van der Waals surface area (Å²) in [5.74, 6) is 0.106. The number of nitrogens with one attached hydrogen (secondary N) is 1. The van der Waals surface area contributed by atoms with Crippen LogP contribution in [0.15, 0.2) is 24.3 Å². The van der Waals surface area contributed by atoms with E-state index in [0.29, 0.717) is 5.02 Å². The molecular formula is C17H25ClN2O2. The van der Waals surface area contributed by atoms with Crippen molar-refractivity contribution in [2.45, 2.75) is 37.8 Å². The molecule has 0 saturated heterocycles. The molecule has 1 aromatic rings. The fourth-order valence-corrected chi connectivity index (χ4v) is 3.05. The van der Waals surface area contributed by atoms with Crippen LogP contribution in [0.5, 0.6) is 0 Å². The number of hydrogen-bond acceptors (Lipinski definition) is 3. The Morgan fingerprint density at radius 3 is 2.41 bits per heavy atom. The Bertz CT molecular complexity index is 482. The van der Waals surface area contributed by atoms with Crippen LogP contribution in [0.1, 0.15) is 37.3 Å². The first-order chi connectivity index (χ1) is 10.5. The van der Waals surface area contributed by atoms with Gasteiger partial charge in [-0.15, -0.1) is 0 Å². The van der Waals surface area contributed by atoms with Gasteiger partial charge < -0.3 is 15.3 Å². The largest absolute Gasteiger partial charge is 0.393 e. The summed E-state index contributed by atoms with van der Waals surface area (Å²) < 4.78 is 0. The molecular weight excluding hydrogens is 300 g/mol. The second-order valence-electron chi connectivity index (χ2n) is 6.38. The zero-order valence-corrected chi connectivity index (χ0v) is 14.0. The van der Waals surface area contributed by atoms with Crippen LogP contribution in [-0.2, 0) is 4.79 Å². The normalized spacial score (nSPS) is 23.3. The maximum atomic E-state index is 12.5. The SMILES string of the molecule is CN(C)CC(NC(=O)C1CCC(O)CC1)c1ccc(Cl)cc1. The van der Waals surface area contributed by atoms with Gasteiger partial charge in [0.1, 0.15) is 0 Å². The first-order valence-corrected chi connectivity index (χ1v) is 8.22. The molecule has 22 heavy (non-hydrogen) atoms. The highest BCUT2D eigenvalue weighted by molar-refractivity contribution is 6.30. The average Bonchev–Trinajstić information content (AvgIpc) is 2.47. The summed E-state index contributed by atoms with van der Waals surface area (Å²) in [5.41, 5.74) is 1.06. The van der Waals surface area contributed by atoms with Crippen molar-refractivity contribution in [3.05, 3.63) is 34.9 Å². The van der Waals surface area contributed by atoms with Gasteiger partial charge in [0.05, 0.1) is 12.1 Å². The summed E-state index contributed by atoms with van der Waals surface area (Å²) in [6.45, 7) is 0.739. The number of hydrogen-bond donors (Lipinski definition) is 2. The van der Waals surface area contributed by atoms with Crippen molar-refractivity contribution in [1.29, 1.82) is 0 Å². The van der Waals surface area contributed by atoms with Crippen LogP contribution in [0.3, 0.4) is 0 Å². The number of nitrogens with zero attached hydrogens (tertiary/aromatic N) is 1. The molecule has 5 heteroatoms. The topological polar surface area (TPSA) is 52.6 Å². The van der Waals surface area contributed by atoms with E-state index in [1.807, 2.05) is 38.4 Å². The van der Waals surface area contributed by atoms with E-state index in [9.17, 15) is 9.90 Å². The van der Waals surface area contributed by atoms with E-state index in [1.54, 1.807) is 0 Å². The highest BCUT2D eigenvalue weighted by Gasteiger charge is 2.27. The fraction of sp³-hybridized carbons (Fsp3) is 0.588. The van der Waals surface area contributed by atoms with Gasteiger partial charge >= 0.3 is 0 Å². The van der Waals surface area contributed by atoms with Crippen LogP contribution in [0.4, 0.5) is 0 Å². The van der Waals surface area contributed by atoms with E-state index in [-0.39, 0.29) is 24.0 Å². The number of aliphatic hydroxyl groups excluding tert-OH is 1. The van der Waals surface area contributed by atoms with Gasteiger partial charge in [-0.05, 0) is 57.5 Å². The Balaban J connectivity index is 2.03. The van der Waals surface area contributed by atoms with E-state index >= 15 is 0 Å². The Morgan fingerprint density at radius 1 is 1.27 bits per heavy atom. The lowest BCUT2D eigenvalue weighted by Gasteiger charge is -2.28. The van der Waals surface area contributed by atoms with Gasteiger partial charge in [0.15, 0.2) is 0 Å². The maximum absolute atomic E-state index is 12.5. The average molecular weight is 325 g/mol. The summed E-state index contributed by atoms with van der Waals surface area (Å²) in [4.78, 5) is 14.6. The number of amides is 1. The predicted octanol–water partition coefficient (Wildman–Crippen LogP) is 2.61. The summed E-state index contributed by atoms with van der Waals surface area (Å²) >= 11 is 5.94. The standard InChI is InChI=1S/C17H25ClN2O2/c1-20(2)11-16(12-3-7-14(18)8-4-12)19-17(22)13-5-9-15(21)10-6-13/h3-4,7-8,13,15-16,21H,5-6,9-11H2,1-2H3,(H,19,22). The Labute approximate surface area is 137 Å². The molecule has 0 spiro atoms. The van der Waals surface area contributed by atoms with Crippen molar-refractivity contribution in [2.75, 3.05) is 20.6 Å². The van der Waals surface area contributed by atoms with E-state index in [2.05, 4.69) is 10.2 Å². The molecule has 1 fully saturated rings. The van der Waals surface area contributed by atoms with Crippen molar-refractivity contribution >= 4 is 17.5 Å². The van der Waals surface area contributed by atoms with E-state index in [0.717, 1.165) is 37.8 Å². The van der Waals surface area contributed by atoms with Gasteiger partial charge in [-0.1, -0.05) is 23.7 Å². The highest BCUT2D eigenvalue weighted by atomic mass is 35.5. The predicted molar refractivity (Wildman–Crippen MR) is 88.9 cm³/mol. The molecule has 4 nitrogen and oxygen atoms in total. The van der Waals surface area contributed by atoms with Crippen LogP contribution in [0, 0.1) is 5.92 Å². The zero-order valence-electron chi connectivity index (χ0n) is 13.3. The third kappa shape index (κ3) is 4.97. The van der Waals surface area contributed by atoms with Gasteiger partial charge in [0.25, 0.3) is 0 Å². The molecule has 1 aliphatic rings. The first kappa shape index (κ1) is 17.3. The molecule has 0 aliphatic heterocycles. The minimum Gasteiger partial charge on any atom is -0.393 e. The number of carbonyl (C=O) groups is 1. The summed E-state index contributed by atoms with van der Waals surface area (Å²) in [6, 6.07) is 7.57. The van der Waals surface area contributed by atoms with Gasteiger partial charge in [-0.2, -0.15) is 0 Å². The minimum absolute atomic E-state index is 0.0142. The number of benzene rings is 1. The molecule has 1 aliphatic carbocycles. The number of rotatable bonds is 5. The molecule has 0 radical (unpaired) electrons. The second kappa shape index (κ2) is 7.95. The van der Waals surface area contributed by atoms with Crippen molar-refractivity contribution in [1.82, 2.24) is 10.2 Å². The smallest absolute Gasteiger partial charge is 0.223 e. The lowest BCUT2D eigenvalue weighted by Crippen LogP contribution is -2.40.